The van der Waals surface area contributed by atoms with Gasteiger partial charge in [0.25, 0.3) is 0 Å². The topological polar surface area (TPSA) is 107 Å². The van der Waals surface area contributed by atoms with E-state index in [-0.39, 0.29) is 11.5 Å². The molecular formula is C6H10NO5S-. The zero-order valence-electron chi connectivity index (χ0n) is 6.76. The van der Waals surface area contributed by atoms with Gasteiger partial charge in [0.15, 0.2) is 9.84 Å². The molecule has 0 amide bonds. The standard InChI is InChI=1S/C6H11NO5S/c8-5-3-13(11,12)2-4(5)7-1-6(9)10/h4-5,7-8H,1-3H2,(H,9,10)/p-1. The van der Waals surface area contributed by atoms with Crippen LogP contribution in [0.25, 0.3) is 0 Å². The quantitative estimate of drug-likeness (QED) is 0.498. The van der Waals surface area contributed by atoms with Gasteiger partial charge in [-0.15, -0.1) is 0 Å². The van der Waals surface area contributed by atoms with Crippen LogP contribution in [-0.4, -0.2) is 49.7 Å². The third-order valence-electron chi connectivity index (χ3n) is 1.83. The molecule has 13 heavy (non-hydrogen) atoms. The van der Waals surface area contributed by atoms with Gasteiger partial charge in [0.1, 0.15) is 0 Å². The van der Waals surface area contributed by atoms with Crippen molar-refractivity contribution in [3.8, 4) is 0 Å². The maximum absolute atomic E-state index is 10.9. The number of hydrogen-bond acceptors (Lipinski definition) is 6. The summed E-state index contributed by atoms with van der Waals surface area (Å²) < 4.78 is 21.9. The van der Waals surface area contributed by atoms with Gasteiger partial charge in [-0.1, -0.05) is 0 Å². The Labute approximate surface area is 75.5 Å². The van der Waals surface area contributed by atoms with Crippen molar-refractivity contribution < 1.29 is 23.4 Å². The molecule has 1 saturated heterocycles. The molecule has 0 saturated carbocycles. The van der Waals surface area contributed by atoms with Crippen LogP contribution in [0.1, 0.15) is 0 Å². The molecule has 1 aliphatic heterocycles. The van der Waals surface area contributed by atoms with Crippen molar-refractivity contribution >= 4 is 15.8 Å². The highest BCUT2D eigenvalue weighted by molar-refractivity contribution is 7.91. The largest absolute Gasteiger partial charge is 0.549 e. The first-order valence-corrected chi connectivity index (χ1v) is 5.54. The Morgan fingerprint density at radius 2 is 2.15 bits per heavy atom. The SMILES string of the molecule is O=C([O-])CNC1CS(=O)(=O)CC1O. The first-order valence-electron chi connectivity index (χ1n) is 3.72. The highest BCUT2D eigenvalue weighted by Gasteiger charge is 2.35. The number of nitrogens with one attached hydrogen (secondary N) is 1. The lowest BCUT2D eigenvalue weighted by atomic mass is 10.2. The molecule has 0 radical (unpaired) electrons. The zero-order chi connectivity index (χ0) is 10.1. The Kier molecular flexibility index (Phi) is 2.89. The van der Waals surface area contributed by atoms with E-state index in [1.54, 1.807) is 0 Å². The van der Waals surface area contributed by atoms with Crippen molar-refractivity contribution in [3.63, 3.8) is 0 Å². The molecule has 1 aliphatic rings. The number of rotatable bonds is 3. The van der Waals surface area contributed by atoms with E-state index in [2.05, 4.69) is 5.32 Å². The second-order valence-electron chi connectivity index (χ2n) is 3.00. The molecule has 0 aromatic rings. The number of carbonyl (C=O) groups is 1. The highest BCUT2D eigenvalue weighted by atomic mass is 32.2. The summed E-state index contributed by atoms with van der Waals surface area (Å²) in [4.78, 5) is 10.0. The summed E-state index contributed by atoms with van der Waals surface area (Å²) in [6, 6.07) is -0.692. The number of aliphatic hydroxyl groups excluding tert-OH is 1. The van der Waals surface area contributed by atoms with Gasteiger partial charge in [0.05, 0.1) is 23.6 Å². The summed E-state index contributed by atoms with van der Waals surface area (Å²) >= 11 is 0. The van der Waals surface area contributed by atoms with Gasteiger partial charge >= 0.3 is 0 Å². The molecule has 7 heteroatoms. The number of aliphatic carboxylic acids is 1. The summed E-state index contributed by atoms with van der Waals surface area (Å²) in [6.45, 7) is -0.447. The molecular weight excluding hydrogens is 198 g/mol. The Hall–Kier alpha value is -0.660. The second kappa shape index (κ2) is 3.60. The molecule has 6 nitrogen and oxygen atoms in total. The van der Waals surface area contributed by atoms with Crippen LogP contribution in [0, 0.1) is 0 Å². The second-order valence-corrected chi connectivity index (χ2v) is 5.16. The zero-order valence-corrected chi connectivity index (χ0v) is 7.58. The molecule has 1 fully saturated rings. The maximum atomic E-state index is 10.9. The van der Waals surface area contributed by atoms with Crippen LogP contribution in [0.3, 0.4) is 0 Å². The van der Waals surface area contributed by atoms with E-state index in [0.29, 0.717) is 0 Å². The first kappa shape index (κ1) is 10.4. The lowest BCUT2D eigenvalue weighted by Gasteiger charge is -2.14. The van der Waals surface area contributed by atoms with Gasteiger partial charge < -0.3 is 20.3 Å². The smallest absolute Gasteiger partial charge is 0.154 e. The number of hydrogen-bond donors (Lipinski definition) is 2. The molecule has 0 spiro atoms. The number of aliphatic hydroxyl groups is 1. The monoisotopic (exact) mass is 208 g/mol. The normalized spacial score (nSPS) is 31.8. The van der Waals surface area contributed by atoms with E-state index in [0.717, 1.165) is 0 Å². The fourth-order valence-corrected chi connectivity index (χ4v) is 3.01. The molecule has 0 aromatic carbocycles. The van der Waals surface area contributed by atoms with Crippen LogP contribution < -0.4 is 10.4 Å². The average molecular weight is 208 g/mol. The minimum absolute atomic E-state index is 0.221. The van der Waals surface area contributed by atoms with Crippen molar-refractivity contribution in [1.29, 1.82) is 0 Å². The molecule has 0 bridgehead atoms. The number of carboxylic acid groups (broad SMARTS) is 1. The van der Waals surface area contributed by atoms with Crippen molar-refractivity contribution in [2.75, 3.05) is 18.1 Å². The van der Waals surface area contributed by atoms with Crippen LogP contribution >= 0.6 is 0 Å². The third-order valence-corrected chi connectivity index (χ3v) is 3.55. The lowest BCUT2D eigenvalue weighted by molar-refractivity contribution is -0.304. The predicted molar refractivity (Wildman–Crippen MR) is 41.5 cm³/mol. The molecule has 1 rings (SSSR count). The fraction of sp³-hybridized carbons (Fsp3) is 0.833. The van der Waals surface area contributed by atoms with Crippen molar-refractivity contribution in [3.05, 3.63) is 0 Å². The molecule has 0 aromatic heterocycles. The Morgan fingerprint density at radius 1 is 1.54 bits per heavy atom. The van der Waals surface area contributed by atoms with E-state index in [1.165, 1.54) is 0 Å². The maximum Gasteiger partial charge on any atom is 0.154 e. The summed E-state index contributed by atoms with van der Waals surface area (Å²) in [6.07, 6.45) is -1.02. The molecule has 2 atom stereocenters. The van der Waals surface area contributed by atoms with E-state index < -0.39 is 34.5 Å². The van der Waals surface area contributed by atoms with Crippen LogP contribution in [0.2, 0.25) is 0 Å². The first-order chi connectivity index (χ1) is 5.91. The number of carboxylic acids is 1. The van der Waals surface area contributed by atoms with Gasteiger partial charge in [0, 0.05) is 12.6 Å². The Bertz CT molecular complexity index is 298. The summed E-state index contributed by atoms with van der Waals surface area (Å²) in [5.74, 6) is -1.85. The van der Waals surface area contributed by atoms with Crippen molar-refractivity contribution in [1.82, 2.24) is 5.32 Å². The van der Waals surface area contributed by atoms with Gasteiger partial charge in [-0.25, -0.2) is 8.42 Å². The van der Waals surface area contributed by atoms with E-state index in [4.69, 9.17) is 0 Å². The summed E-state index contributed by atoms with van der Waals surface area (Å²) in [7, 11) is -3.22. The minimum Gasteiger partial charge on any atom is -0.549 e. The average Bonchev–Trinajstić information content (AvgIpc) is 2.20. The van der Waals surface area contributed by atoms with Crippen LogP contribution in [0.4, 0.5) is 0 Å². The van der Waals surface area contributed by atoms with Gasteiger partial charge in [0.2, 0.25) is 0 Å². The predicted octanol–water partition coefficient (Wildman–Crippen LogP) is -3.52. The van der Waals surface area contributed by atoms with Gasteiger partial charge in [-0.2, -0.15) is 0 Å². The molecule has 1 heterocycles. The van der Waals surface area contributed by atoms with E-state index in [9.17, 15) is 23.4 Å². The van der Waals surface area contributed by atoms with Gasteiger partial charge in [-0.3, -0.25) is 0 Å². The third kappa shape index (κ3) is 2.94. The number of carbonyl (C=O) groups excluding carboxylic acids is 1. The fourth-order valence-electron chi connectivity index (χ4n) is 1.24. The van der Waals surface area contributed by atoms with Crippen molar-refractivity contribution in [2.24, 2.45) is 0 Å². The molecule has 76 valence electrons. The lowest BCUT2D eigenvalue weighted by Crippen LogP contribution is -2.45. The van der Waals surface area contributed by atoms with E-state index >= 15 is 0 Å². The van der Waals surface area contributed by atoms with Crippen LogP contribution in [0.5, 0.6) is 0 Å². The minimum atomic E-state index is -3.22. The summed E-state index contributed by atoms with van der Waals surface area (Å²) in [5.41, 5.74) is 0. The Morgan fingerprint density at radius 3 is 2.54 bits per heavy atom. The highest BCUT2D eigenvalue weighted by Crippen LogP contribution is 2.11. The molecule has 2 N–H and O–H groups in total. The molecule has 2 unspecified atom stereocenters. The van der Waals surface area contributed by atoms with E-state index in [1.807, 2.05) is 0 Å². The summed E-state index contributed by atoms with van der Waals surface area (Å²) in [5, 5.41) is 21.6. The Balaban J connectivity index is 2.49. The number of sulfone groups is 1. The van der Waals surface area contributed by atoms with Crippen molar-refractivity contribution in [2.45, 2.75) is 12.1 Å². The van der Waals surface area contributed by atoms with Gasteiger partial charge in [-0.05, 0) is 0 Å². The van der Waals surface area contributed by atoms with Crippen LogP contribution in [0.15, 0.2) is 0 Å². The molecule has 0 aliphatic carbocycles. The van der Waals surface area contributed by atoms with Crippen LogP contribution in [-0.2, 0) is 14.6 Å².